The second-order valence-corrected chi connectivity index (χ2v) is 7.46. The third-order valence-corrected chi connectivity index (χ3v) is 1.41. The van der Waals surface area contributed by atoms with Crippen LogP contribution in [-0.4, -0.2) is 10.3 Å². The molecule has 0 unspecified atom stereocenters. The van der Waals surface area contributed by atoms with Gasteiger partial charge in [-0.3, -0.25) is 0 Å². The average Bonchev–Trinajstić information content (AvgIpc) is 1.94. The van der Waals surface area contributed by atoms with Crippen molar-refractivity contribution in [2.24, 2.45) is 5.92 Å². The Kier molecular flexibility index (Phi) is 17.2. The molecular formula is C12H24BrNaO2. The van der Waals surface area contributed by atoms with Gasteiger partial charge in [-0.2, -0.15) is 0 Å². The van der Waals surface area contributed by atoms with E-state index < -0.39 is 5.97 Å². The van der Waals surface area contributed by atoms with Crippen LogP contribution in [0.2, 0.25) is 0 Å². The van der Waals surface area contributed by atoms with E-state index in [1.807, 2.05) is 0 Å². The zero-order chi connectivity index (χ0) is 12.5. The molecule has 0 saturated heterocycles. The molecule has 0 aliphatic heterocycles. The molecule has 0 aromatic rings. The molecule has 0 aromatic heterocycles. The largest absolute Gasteiger partial charge is 1.00 e. The van der Waals surface area contributed by atoms with Gasteiger partial charge >= 0.3 is 29.6 Å². The average molecular weight is 303 g/mol. The van der Waals surface area contributed by atoms with Gasteiger partial charge in [0.15, 0.2) is 0 Å². The van der Waals surface area contributed by atoms with Crippen LogP contribution in [0, 0.1) is 5.92 Å². The van der Waals surface area contributed by atoms with Gasteiger partial charge in [0.25, 0.3) is 0 Å². The van der Waals surface area contributed by atoms with Crippen molar-refractivity contribution < 1.29 is 39.5 Å². The summed E-state index contributed by atoms with van der Waals surface area (Å²) in [6.07, 6.45) is 3.10. The maximum Gasteiger partial charge on any atom is 1.00 e. The summed E-state index contributed by atoms with van der Waals surface area (Å²) >= 11 is 3.38. The van der Waals surface area contributed by atoms with Crippen molar-refractivity contribution >= 4 is 21.9 Å². The number of halogens is 1. The number of carbonyl (C=O) groups excluding carboxylic acids is 1. The van der Waals surface area contributed by atoms with Crippen LogP contribution >= 0.6 is 15.9 Å². The quantitative estimate of drug-likeness (QED) is 0.412. The van der Waals surface area contributed by atoms with Gasteiger partial charge in [0.1, 0.15) is 0 Å². The van der Waals surface area contributed by atoms with Gasteiger partial charge in [0, 0.05) is 10.3 Å². The van der Waals surface area contributed by atoms with Crippen LogP contribution in [-0.2, 0) is 4.79 Å². The Morgan fingerprint density at radius 3 is 1.88 bits per heavy atom. The predicted octanol–water partition coefficient (Wildman–Crippen LogP) is 0.137. The number of hydrogen-bond acceptors (Lipinski definition) is 2. The van der Waals surface area contributed by atoms with Crippen LogP contribution in [0.4, 0.5) is 0 Å². The zero-order valence-electron chi connectivity index (χ0n) is 11.6. The first-order chi connectivity index (χ1) is 6.63. The van der Waals surface area contributed by atoms with Gasteiger partial charge in [-0.1, -0.05) is 63.4 Å². The van der Waals surface area contributed by atoms with Crippen LogP contribution in [0.3, 0.4) is 0 Å². The smallest absolute Gasteiger partial charge is 0.550 e. The van der Waals surface area contributed by atoms with Crippen molar-refractivity contribution in [1.29, 1.82) is 0 Å². The van der Waals surface area contributed by atoms with E-state index in [0.717, 1.165) is 19.3 Å². The third-order valence-electron chi connectivity index (χ3n) is 1.41. The number of carboxylic acids is 1. The first kappa shape index (κ1) is 22.2. The van der Waals surface area contributed by atoms with Crippen LogP contribution in [0.25, 0.3) is 0 Å². The number of carbonyl (C=O) groups is 1. The molecule has 0 aliphatic carbocycles. The van der Waals surface area contributed by atoms with Crippen molar-refractivity contribution in [3.8, 4) is 0 Å². The zero-order valence-corrected chi connectivity index (χ0v) is 15.2. The summed E-state index contributed by atoms with van der Waals surface area (Å²) in [6, 6.07) is 0. The summed E-state index contributed by atoms with van der Waals surface area (Å²) in [7, 11) is 0. The predicted molar refractivity (Wildman–Crippen MR) is 67.0 cm³/mol. The molecule has 0 atom stereocenters. The fraction of sp³-hybridized carbons (Fsp3) is 0.917. The fourth-order valence-electron chi connectivity index (χ4n) is 0.822. The molecule has 0 aromatic carbocycles. The Bertz CT molecular complexity index is 159. The molecule has 0 radical (unpaired) electrons. The van der Waals surface area contributed by atoms with Gasteiger partial charge in [-0.25, -0.2) is 0 Å². The van der Waals surface area contributed by atoms with E-state index in [2.05, 4.69) is 50.5 Å². The summed E-state index contributed by atoms with van der Waals surface area (Å²) in [5, 5.41) is 9.93. The molecule has 0 amide bonds. The van der Waals surface area contributed by atoms with Crippen molar-refractivity contribution in [2.75, 3.05) is 0 Å². The third kappa shape index (κ3) is 46.0. The van der Waals surface area contributed by atoms with Crippen molar-refractivity contribution in [3.05, 3.63) is 0 Å². The number of aliphatic carboxylic acids is 1. The molecular weight excluding hydrogens is 279 g/mol. The van der Waals surface area contributed by atoms with Gasteiger partial charge in [-0.05, 0) is 18.8 Å². The Morgan fingerprint density at radius 2 is 1.62 bits per heavy atom. The van der Waals surface area contributed by atoms with Gasteiger partial charge in [-0.15, -0.1) is 0 Å². The molecule has 0 saturated carbocycles. The second-order valence-electron chi connectivity index (χ2n) is 5.08. The number of alkyl halides is 1. The van der Waals surface area contributed by atoms with Gasteiger partial charge < -0.3 is 9.90 Å². The fourth-order valence-corrected chi connectivity index (χ4v) is 0.822. The standard InChI is InChI=1S/C8H16O2.C4H9Br.Na/c1-7(2)5-3-4-6-8(9)10;1-4(2,3)5;/h7H,3-6H2,1-2H3,(H,9,10);1-3H3;/q;;+1/p-1. The molecule has 0 rings (SSSR count). The van der Waals surface area contributed by atoms with E-state index >= 15 is 0 Å². The molecule has 0 fully saturated rings. The Labute approximate surface area is 131 Å². The minimum Gasteiger partial charge on any atom is -0.550 e. The van der Waals surface area contributed by atoms with E-state index in [0.29, 0.717) is 10.2 Å². The summed E-state index contributed by atoms with van der Waals surface area (Å²) < 4.78 is 0.312. The molecule has 2 nitrogen and oxygen atoms in total. The van der Waals surface area contributed by atoms with E-state index in [1.165, 1.54) is 0 Å². The van der Waals surface area contributed by atoms with Gasteiger partial charge in [0.2, 0.25) is 0 Å². The summed E-state index contributed by atoms with van der Waals surface area (Å²) in [5.74, 6) is -0.245. The Balaban J connectivity index is -0.000000242. The summed E-state index contributed by atoms with van der Waals surface area (Å²) in [4.78, 5) is 9.93. The number of hydrogen-bond donors (Lipinski definition) is 0. The normalized spacial score (nSPS) is 10.2. The molecule has 0 spiro atoms. The van der Waals surface area contributed by atoms with E-state index in [4.69, 9.17) is 0 Å². The molecule has 0 heterocycles. The van der Waals surface area contributed by atoms with E-state index in [-0.39, 0.29) is 36.0 Å². The van der Waals surface area contributed by atoms with Crippen LogP contribution in [0.15, 0.2) is 0 Å². The first-order valence-electron chi connectivity index (χ1n) is 5.51. The van der Waals surface area contributed by atoms with E-state index in [9.17, 15) is 9.90 Å². The Hall–Kier alpha value is 0.950. The van der Waals surface area contributed by atoms with Crippen molar-refractivity contribution in [1.82, 2.24) is 0 Å². The second kappa shape index (κ2) is 12.4. The molecule has 0 N–H and O–H groups in total. The minimum absolute atomic E-state index is 0. The van der Waals surface area contributed by atoms with Crippen molar-refractivity contribution in [3.63, 3.8) is 0 Å². The van der Waals surface area contributed by atoms with Gasteiger partial charge in [0.05, 0.1) is 0 Å². The number of unbranched alkanes of at least 4 members (excludes halogenated alkanes) is 1. The number of carboxylic acid groups (broad SMARTS) is 1. The molecule has 92 valence electrons. The van der Waals surface area contributed by atoms with Crippen molar-refractivity contribution in [2.45, 2.75) is 64.6 Å². The summed E-state index contributed by atoms with van der Waals surface area (Å²) in [6.45, 7) is 10.6. The van der Waals surface area contributed by atoms with Crippen LogP contribution in [0.1, 0.15) is 60.3 Å². The monoisotopic (exact) mass is 302 g/mol. The maximum absolute atomic E-state index is 9.93. The maximum atomic E-state index is 9.93. The SMILES string of the molecule is CC(C)(C)Br.CC(C)CCCCC(=O)[O-].[Na+]. The topological polar surface area (TPSA) is 40.1 Å². The van der Waals surface area contributed by atoms with Crippen LogP contribution in [0.5, 0.6) is 0 Å². The van der Waals surface area contributed by atoms with E-state index in [1.54, 1.807) is 0 Å². The molecule has 0 aliphatic rings. The van der Waals surface area contributed by atoms with Crippen LogP contribution < -0.4 is 34.7 Å². The molecule has 0 bridgehead atoms. The minimum atomic E-state index is -0.927. The Morgan fingerprint density at radius 1 is 1.25 bits per heavy atom. The number of rotatable bonds is 5. The molecule has 16 heavy (non-hydrogen) atoms. The first-order valence-corrected chi connectivity index (χ1v) is 6.31. The summed E-state index contributed by atoms with van der Waals surface area (Å²) in [5.41, 5.74) is 0. The molecule has 4 heteroatoms.